The molecule has 0 aromatic carbocycles. The molecular weight excluding hydrogens is 427 g/mol. The van der Waals surface area contributed by atoms with Crippen LogP contribution in [0.2, 0.25) is 0 Å². The van der Waals surface area contributed by atoms with Gasteiger partial charge in [0.1, 0.15) is 0 Å². The molecule has 0 radical (unpaired) electrons. The highest BCUT2D eigenvalue weighted by Crippen LogP contribution is 2.47. The van der Waals surface area contributed by atoms with E-state index < -0.39 is 0 Å². The first-order valence-corrected chi connectivity index (χ1v) is 9.34. The zero-order valence-electron chi connectivity index (χ0n) is 15.1. The maximum atomic E-state index is 6.09. The lowest BCUT2D eigenvalue weighted by molar-refractivity contribution is 0.0767. The second-order valence-corrected chi connectivity index (χ2v) is 7.31. The van der Waals surface area contributed by atoms with Crippen LogP contribution in [0.1, 0.15) is 30.9 Å². The summed E-state index contributed by atoms with van der Waals surface area (Å²) in [5.41, 5.74) is 2.59. The molecule has 5 nitrogen and oxygen atoms in total. The van der Waals surface area contributed by atoms with Crippen molar-refractivity contribution in [3.05, 3.63) is 29.6 Å². The zero-order chi connectivity index (χ0) is 16.5. The summed E-state index contributed by atoms with van der Waals surface area (Å²) >= 11 is 0. The first kappa shape index (κ1) is 18.9. The molecule has 3 aliphatic heterocycles. The molecule has 3 saturated heterocycles. The van der Waals surface area contributed by atoms with Crippen LogP contribution in [0.25, 0.3) is 0 Å². The van der Waals surface area contributed by atoms with Crippen LogP contribution in [0.5, 0.6) is 0 Å². The summed E-state index contributed by atoms with van der Waals surface area (Å²) in [5.74, 6) is 2.52. The maximum absolute atomic E-state index is 6.09. The molecule has 0 spiro atoms. The van der Waals surface area contributed by atoms with E-state index in [-0.39, 0.29) is 24.0 Å². The second-order valence-electron chi connectivity index (χ2n) is 7.31. The highest BCUT2D eigenvalue weighted by Gasteiger charge is 2.53. The minimum absolute atomic E-state index is 0. The van der Waals surface area contributed by atoms with Gasteiger partial charge in [-0.25, -0.2) is 0 Å². The largest absolute Gasteiger partial charge is 0.374 e. The molecule has 138 valence electrons. The fourth-order valence-corrected chi connectivity index (χ4v) is 4.62. The molecule has 4 atom stereocenters. The van der Waals surface area contributed by atoms with Crippen LogP contribution in [0.3, 0.4) is 0 Å². The number of pyridine rings is 1. The number of fused-ring (bicyclic) bond motifs is 5. The molecule has 1 aromatic rings. The number of aromatic nitrogens is 1. The van der Waals surface area contributed by atoms with E-state index in [2.05, 4.69) is 35.1 Å². The van der Waals surface area contributed by atoms with Crippen LogP contribution in [-0.2, 0) is 11.2 Å². The number of halogens is 1. The SMILES string of the molecule is CCNC(=NCCc1ccncc1C)N1CC2C3CCC(O3)C2C1.I. The Hall–Kier alpha value is -0.890. The average Bonchev–Trinajstić information content (AvgIpc) is 3.28. The van der Waals surface area contributed by atoms with Crippen molar-refractivity contribution in [1.29, 1.82) is 0 Å². The maximum Gasteiger partial charge on any atom is 0.193 e. The molecule has 0 aliphatic carbocycles. The van der Waals surface area contributed by atoms with Crippen LogP contribution in [0.15, 0.2) is 23.5 Å². The molecule has 4 unspecified atom stereocenters. The minimum atomic E-state index is 0. The number of nitrogens with zero attached hydrogens (tertiary/aromatic N) is 3. The second kappa shape index (κ2) is 8.20. The average molecular weight is 456 g/mol. The monoisotopic (exact) mass is 456 g/mol. The molecule has 25 heavy (non-hydrogen) atoms. The summed E-state index contributed by atoms with van der Waals surface area (Å²) in [5, 5.41) is 3.49. The molecule has 6 heteroatoms. The van der Waals surface area contributed by atoms with E-state index in [1.807, 2.05) is 12.4 Å². The molecule has 4 rings (SSSR count). The Morgan fingerprint density at radius 2 is 2.04 bits per heavy atom. The quantitative estimate of drug-likeness (QED) is 0.430. The predicted octanol–water partition coefficient (Wildman–Crippen LogP) is 2.63. The molecule has 1 N–H and O–H groups in total. The molecule has 0 saturated carbocycles. The van der Waals surface area contributed by atoms with Crippen molar-refractivity contribution in [3.8, 4) is 0 Å². The zero-order valence-corrected chi connectivity index (χ0v) is 17.5. The van der Waals surface area contributed by atoms with Crippen molar-refractivity contribution in [2.45, 2.75) is 45.3 Å². The molecule has 3 fully saturated rings. The third-order valence-electron chi connectivity index (χ3n) is 5.87. The molecule has 4 heterocycles. The van der Waals surface area contributed by atoms with Crippen molar-refractivity contribution in [3.63, 3.8) is 0 Å². The standard InChI is InChI=1S/C19H28N4O.HI/c1-3-21-19(22-9-7-14-6-8-20-10-13(14)2)23-11-15-16(12-23)18-5-4-17(15)24-18;/h6,8,10,15-18H,3-5,7,9,11-12H2,1-2H3,(H,21,22);1H. The van der Waals surface area contributed by atoms with Crippen molar-refractivity contribution in [2.75, 3.05) is 26.2 Å². The Bertz CT molecular complexity index is 605. The summed E-state index contributed by atoms with van der Waals surface area (Å²) < 4.78 is 6.09. The Balaban J connectivity index is 0.00000182. The summed E-state index contributed by atoms with van der Waals surface area (Å²) in [7, 11) is 0. The number of likely N-dealkylation sites (tertiary alicyclic amines) is 1. The van der Waals surface area contributed by atoms with Gasteiger partial charge in [-0.05, 0) is 50.3 Å². The van der Waals surface area contributed by atoms with Gasteiger partial charge in [0.15, 0.2) is 5.96 Å². The lowest BCUT2D eigenvalue weighted by atomic mass is 9.82. The highest BCUT2D eigenvalue weighted by molar-refractivity contribution is 14.0. The lowest BCUT2D eigenvalue weighted by Crippen LogP contribution is -2.41. The van der Waals surface area contributed by atoms with Gasteiger partial charge < -0.3 is 15.0 Å². The minimum Gasteiger partial charge on any atom is -0.374 e. The van der Waals surface area contributed by atoms with Crippen molar-refractivity contribution >= 4 is 29.9 Å². The topological polar surface area (TPSA) is 49.8 Å². The van der Waals surface area contributed by atoms with Crippen LogP contribution in [-0.4, -0.2) is 54.2 Å². The number of hydrogen-bond acceptors (Lipinski definition) is 3. The van der Waals surface area contributed by atoms with E-state index >= 15 is 0 Å². The lowest BCUT2D eigenvalue weighted by Gasteiger charge is -2.23. The molecule has 0 amide bonds. The summed E-state index contributed by atoms with van der Waals surface area (Å²) in [6, 6.07) is 2.10. The fourth-order valence-electron chi connectivity index (χ4n) is 4.62. The van der Waals surface area contributed by atoms with E-state index in [4.69, 9.17) is 9.73 Å². The number of rotatable bonds is 4. The number of nitrogens with one attached hydrogen (secondary N) is 1. The first-order valence-electron chi connectivity index (χ1n) is 9.34. The Morgan fingerprint density at radius 1 is 1.32 bits per heavy atom. The third kappa shape index (κ3) is 3.79. The van der Waals surface area contributed by atoms with Crippen LogP contribution < -0.4 is 5.32 Å². The summed E-state index contributed by atoms with van der Waals surface area (Å²) in [6.07, 6.45) is 8.30. The summed E-state index contributed by atoms with van der Waals surface area (Å²) in [6.45, 7) is 8.21. The summed E-state index contributed by atoms with van der Waals surface area (Å²) in [4.78, 5) is 11.5. The first-order chi connectivity index (χ1) is 11.8. The van der Waals surface area contributed by atoms with Gasteiger partial charge in [-0.2, -0.15) is 0 Å². The normalized spacial score (nSPS) is 30.3. The highest BCUT2D eigenvalue weighted by atomic mass is 127. The van der Waals surface area contributed by atoms with E-state index in [1.54, 1.807) is 0 Å². The van der Waals surface area contributed by atoms with E-state index in [0.717, 1.165) is 50.4 Å². The van der Waals surface area contributed by atoms with Crippen LogP contribution in [0.4, 0.5) is 0 Å². The number of guanidine groups is 1. The molecule has 3 aliphatic rings. The predicted molar refractivity (Wildman–Crippen MR) is 111 cm³/mol. The van der Waals surface area contributed by atoms with Gasteiger partial charge in [-0.3, -0.25) is 9.98 Å². The van der Waals surface area contributed by atoms with E-state index in [0.29, 0.717) is 12.2 Å². The van der Waals surface area contributed by atoms with Crippen molar-refractivity contribution < 1.29 is 4.74 Å². The van der Waals surface area contributed by atoms with Crippen LogP contribution in [0, 0.1) is 18.8 Å². The fraction of sp³-hybridized carbons (Fsp3) is 0.684. The van der Waals surface area contributed by atoms with Crippen molar-refractivity contribution in [1.82, 2.24) is 15.2 Å². The molecule has 2 bridgehead atoms. The van der Waals surface area contributed by atoms with Gasteiger partial charge in [0.2, 0.25) is 0 Å². The Labute approximate surface area is 167 Å². The van der Waals surface area contributed by atoms with Gasteiger partial charge in [-0.1, -0.05) is 0 Å². The van der Waals surface area contributed by atoms with Crippen LogP contribution >= 0.6 is 24.0 Å². The van der Waals surface area contributed by atoms with Gasteiger partial charge in [0, 0.05) is 50.4 Å². The van der Waals surface area contributed by atoms with Gasteiger partial charge in [-0.15, -0.1) is 24.0 Å². The number of aryl methyl sites for hydroxylation is 1. The third-order valence-corrected chi connectivity index (χ3v) is 5.87. The number of aliphatic imine (C=N–C) groups is 1. The Morgan fingerprint density at radius 3 is 2.68 bits per heavy atom. The molecular formula is C19H29IN4O. The van der Waals surface area contributed by atoms with Gasteiger partial charge in [0.25, 0.3) is 0 Å². The number of hydrogen-bond donors (Lipinski definition) is 1. The molecule has 1 aromatic heterocycles. The van der Waals surface area contributed by atoms with Gasteiger partial charge >= 0.3 is 0 Å². The van der Waals surface area contributed by atoms with Gasteiger partial charge in [0.05, 0.1) is 12.2 Å². The number of ether oxygens (including phenoxy) is 1. The van der Waals surface area contributed by atoms with E-state index in [9.17, 15) is 0 Å². The van der Waals surface area contributed by atoms with E-state index in [1.165, 1.54) is 24.0 Å². The Kier molecular flexibility index (Phi) is 6.20. The smallest absolute Gasteiger partial charge is 0.193 e. The van der Waals surface area contributed by atoms with Crippen molar-refractivity contribution in [2.24, 2.45) is 16.8 Å².